The van der Waals surface area contributed by atoms with E-state index >= 15 is 0 Å². The van der Waals surface area contributed by atoms with Crippen LogP contribution in [0.1, 0.15) is 30.9 Å². The molecule has 0 spiro atoms. The molecular formula is C19H24ClNO. The fourth-order valence-electron chi connectivity index (χ4n) is 2.50. The first-order chi connectivity index (χ1) is 10.7. The standard InChI is InChI=1S/C19H24ClNO/c1-3-4-12-21(14-16-8-6-5-7-9-16)15-17-10-11-19(22-2)18(20)13-17/h5-11,13H,3-4,12,14-15H2,1-2H3. The number of methoxy groups -OCH3 is 1. The maximum absolute atomic E-state index is 6.23. The van der Waals surface area contributed by atoms with Crippen molar-refractivity contribution in [1.29, 1.82) is 0 Å². The first-order valence-electron chi connectivity index (χ1n) is 7.81. The van der Waals surface area contributed by atoms with Gasteiger partial charge in [-0.05, 0) is 36.2 Å². The molecule has 0 amide bonds. The molecule has 2 rings (SSSR count). The maximum Gasteiger partial charge on any atom is 0.137 e. The second-order valence-electron chi connectivity index (χ2n) is 5.52. The third kappa shape index (κ3) is 5.04. The molecule has 0 aliphatic rings. The summed E-state index contributed by atoms with van der Waals surface area (Å²) in [5.41, 5.74) is 2.57. The van der Waals surface area contributed by atoms with Crippen molar-refractivity contribution in [3.8, 4) is 5.75 Å². The van der Waals surface area contributed by atoms with Crippen molar-refractivity contribution in [2.24, 2.45) is 0 Å². The molecule has 0 radical (unpaired) electrons. The van der Waals surface area contributed by atoms with Crippen molar-refractivity contribution in [1.82, 2.24) is 4.90 Å². The molecule has 0 atom stereocenters. The Hall–Kier alpha value is -1.51. The van der Waals surface area contributed by atoms with Crippen LogP contribution < -0.4 is 4.74 Å². The second kappa shape index (κ2) is 8.82. The zero-order chi connectivity index (χ0) is 15.8. The van der Waals surface area contributed by atoms with Crippen LogP contribution in [-0.4, -0.2) is 18.6 Å². The molecule has 0 saturated carbocycles. The van der Waals surface area contributed by atoms with Crippen molar-refractivity contribution in [2.45, 2.75) is 32.9 Å². The molecule has 0 heterocycles. The van der Waals surface area contributed by atoms with E-state index in [1.54, 1.807) is 7.11 Å². The van der Waals surface area contributed by atoms with Crippen LogP contribution in [0.3, 0.4) is 0 Å². The van der Waals surface area contributed by atoms with E-state index in [1.165, 1.54) is 24.0 Å². The minimum absolute atomic E-state index is 0.676. The lowest BCUT2D eigenvalue weighted by atomic mass is 10.1. The summed E-state index contributed by atoms with van der Waals surface area (Å²) < 4.78 is 5.22. The van der Waals surface area contributed by atoms with Gasteiger partial charge in [-0.1, -0.05) is 61.3 Å². The van der Waals surface area contributed by atoms with E-state index in [0.29, 0.717) is 5.02 Å². The predicted octanol–water partition coefficient (Wildman–Crippen LogP) is 5.15. The van der Waals surface area contributed by atoms with Gasteiger partial charge in [0.05, 0.1) is 12.1 Å². The summed E-state index contributed by atoms with van der Waals surface area (Å²) in [5.74, 6) is 0.730. The summed E-state index contributed by atoms with van der Waals surface area (Å²) in [6, 6.07) is 16.6. The highest BCUT2D eigenvalue weighted by molar-refractivity contribution is 6.32. The van der Waals surface area contributed by atoms with Gasteiger partial charge in [0.1, 0.15) is 5.75 Å². The molecule has 118 valence electrons. The lowest BCUT2D eigenvalue weighted by Crippen LogP contribution is -2.24. The smallest absolute Gasteiger partial charge is 0.137 e. The molecular weight excluding hydrogens is 294 g/mol. The first-order valence-corrected chi connectivity index (χ1v) is 8.19. The van der Waals surface area contributed by atoms with Crippen LogP contribution in [-0.2, 0) is 13.1 Å². The highest BCUT2D eigenvalue weighted by Crippen LogP contribution is 2.25. The Morgan fingerprint density at radius 1 is 1.00 bits per heavy atom. The Labute approximate surface area is 138 Å². The van der Waals surface area contributed by atoms with Crippen LogP contribution >= 0.6 is 11.6 Å². The lowest BCUT2D eigenvalue weighted by Gasteiger charge is -2.22. The molecule has 0 aromatic heterocycles. The van der Waals surface area contributed by atoms with Crippen molar-refractivity contribution in [2.75, 3.05) is 13.7 Å². The zero-order valence-electron chi connectivity index (χ0n) is 13.4. The van der Waals surface area contributed by atoms with Gasteiger partial charge in [-0.2, -0.15) is 0 Å². The number of hydrogen-bond donors (Lipinski definition) is 0. The Balaban J connectivity index is 2.07. The third-order valence-electron chi connectivity index (χ3n) is 3.70. The molecule has 0 saturated heterocycles. The third-order valence-corrected chi connectivity index (χ3v) is 3.99. The normalized spacial score (nSPS) is 10.9. The van der Waals surface area contributed by atoms with Crippen LogP contribution in [0.4, 0.5) is 0 Å². The summed E-state index contributed by atoms with van der Waals surface area (Å²) in [4.78, 5) is 2.47. The number of nitrogens with zero attached hydrogens (tertiary/aromatic N) is 1. The van der Waals surface area contributed by atoms with Crippen LogP contribution in [0.15, 0.2) is 48.5 Å². The van der Waals surface area contributed by atoms with E-state index in [4.69, 9.17) is 16.3 Å². The van der Waals surface area contributed by atoms with Crippen LogP contribution in [0, 0.1) is 0 Å². The molecule has 2 aromatic carbocycles. The fraction of sp³-hybridized carbons (Fsp3) is 0.368. The van der Waals surface area contributed by atoms with Crippen molar-refractivity contribution in [3.63, 3.8) is 0 Å². The molecule has 3 heteroatoms. The molecule has 2 nitrogen and oxygen atoms in total. The molecule has 0 fully saturated rings. The van der Waals surface area contributed by atoms with Gasteiger partial charge in [0.25, 0.3) is 0 Å². The van der Waals surface area contributed by atoms with Gasteiger partial charge in [-0.3, -0.25) is 4.90 Å². The van der Waals surface area contributed by atoms with Gasteiger partial charge in [-0.25, -0.2) is 0 Å². The van der Waals surface area contributed by atoms with E-state index in [0.717, 1.165) is 25.4 Å². The highest BCUT2D eigenvalue weighted by atomic mass is 35.5. The maximum atomic E-state index is 6.23. The Morgan fingerprint density at radius 3 is 2.36 bits per heavy atom. The highest BCUT2D eigenvalue weighted by Gasteiger charge is 2.09. The molecule has 22 heavy (non-hydrogen) atoms. The van der Waals surface area contributed by atoms with Crippen molar-refractivity contribution in [3.05, 3.63) is 64.7 Å². The van der Waals surface area contributed by atoms with Crippen LogP contribution in [0.2, 0.25) is 5.02 Å². The van der Waals surface area contributed by atoms with Gasteiger partial charge in [0.2, 0.25) is 0 Å². The van der Waals surface area contributed by atoms with E-state index in [-0.39, 0.29) is 0 Å². The van der Waals surface area contributed by atoms with Crippen molar-refractivity contribution >= 4 is 11.6 Å². The van der Waals surface area contributed by atoms with Crippen molar-refractivity contribution < 1.29 is 4.74 Å². The Morgan fingerprint density at radius 2 is 1.73 bits per heavy atom. The van der Waals surface area contributed by atoms with Gasteiger partial charge < -0.3 is 4.74 Å². The molecule has 0 bridgehead atoms. The van der Waals surface area contributed by atoms with Gasteiger partial charge in [0, 0.05) is 13.1 Å². The molecule has 0 N–H and O–H groups in total. The molecule has 0 aliphatic carbocycles. The van der Waals surface area contributed by atoms with Crippen LogP contribution in [0.5, 0.6) is 5.75 Å². The summed E-state index contributed by atoms with van der Waals surface area (Å²) in [5, 5.41) is 0.676. The summed E-state index contributed by atoms with van der Waals surface area (Å²) in [6.07, 6.45) is 2.41. The first kappa shape index (κ1) is 16.9. The number of hydrogen-bond acceptors (Lipinski definition) is 2. The zero-order valence-corrected chi connectivity index (χ0v) is 14.1. The summed E-state index contributed by atoms with van der Waals surface area (Å²) in [7, 11) is 1.64. The topological polar surface area (TPSA) is 12.5 Å². The summed E-state index contributed by atoms with van der Waals surface area (Å²) in [6.45, 7) is 5.18. The number of unbranched alkanes of at least 4 members (excludes halogenated alkanes) is 1. The molecule has 0 aliphatic heterocycles. The number of benzene rings is 2. The number of halogens is 1. The monoisotopic (exact) mass is 317 g/mol. The fourth-order valence-corrected chi connectivity index (χ4v) is 2.78. The second-order valence-corrected chi connectivity index (χ2v) is 5.93. The SMILES string of the molecule is CCCCN(Cc1ccccc1)Cc1ccc(OC)c(Cl)c1. The lowest BCUT2D eigenvalue weighted by molar-refractivity contribution is 0.252. The number of rotatable bonds is 8. The average molecular weight is 318 g/mol. The molecule has 0 unspecified atom stereocenters. The molecule has 2 aromatic rings. The Kier molecular flexibility index (Phi) is 6.75. The predicted molar refractivity (Wildman–Crippen MR) is 93.5 cm³/mol. The average Bonchev–Trinajstić information content (AvgIpc) is 2.54. The summed E-state index contributed by atoms with van der Waals surface area (Å²) >= 11 is 6.23. The van der Waals surface area contributed by atoms with Gasteiger partial charge in [-0.15, -0.1) is 0 Å². The Bertz CT molecular complexity index is 571. The van der Waals surface area contributed by atoms with Crippen LogP contribution in [0.25, 0.3) is 0 Å². The van der Waals surface area contributed by atoms with Gasteiger partial charge in [0.15, 0.2) is 0 Å². The number of ether oxygens (including phenoxy) is 1. The van der Waals surface area contributed by atoms with E-state index in [9.17, 15) is 0 Å². The van der Waals surface area contributed by atoms with Gasteiger partial charge >= 0.3 is 0 Å². The minimum atomic E-state index is 0.676. The minimum Gasteiger partial charge on any atom is -0.495 e. The van der Waals surface area contributed by atoms with E-state index < -0.39 is 0 Å². The van der Waals surface area contributed by atoms with E-state index in [1.807, 2.05) is 12.1 Å². The largest absolute Gasteiger partial charge is 0.495 e. The quantitative estimate of drug-likeness (QED) is 0.667. The van der Waals surface area contributed by atoms with E-state index in [2.05, 4.69) is 48.2 Å².